The summed E-state index contributed by atoms with van der Waals surface area (Å²) in [6.07, 6.45) is 4.31. The summed E-state index contributed by atoms with van der Waals surface area (Å²) >= 11 is 5.08. The number of thiocarbonyl (C=S) groups is 1. The molecule has 6 aromatic carbocycles. The number of phenols is 9. The van der Waals surface area contributed by atoms with E-state index >= 15 is 0 Å². The summed E-state index contributed by atoms with van der Waals surface area (Å²) in [6.45, 7) is 5.68. The molecule has 20 nitrogen and oxygen atoms in total. The molecule has 7 aromatic rings. The summed E-state index contributed by atoms with van der Waals surface area (Å²) in [6, 6.07) is 14.7. The van der Waals surface area contributed by atoms with E-state index in [2.05, 4.69) is 15.6 Å². The summed E-state index contributed by atoms with van der Waals surface area (Å²) in [7, 11) is 0. The predicted molar refractivity (Wildman–Crippen MR) is 258 cm³/mol. The van der Waals surface area contributed by atoms with Crippen molar-refractivity contribution in [2.45, 2.75) is 64.5 Å². The standard InChI is InChI=1S/C51H46N4O16S/c1-23-9-27(56)13-29(10-23)66-46-37(61)18-39(63)48-50(46)70-44-35(59)11-25(12-41(44)68-48)31-5-3-6-32(31)43-33(57)15-30(16-34(43)58)67-47-38(62)19-40(64)49-51(47)71-45-36(60)14-28(17-42(45)69-49)65-22-26-21-55(54-53-26)8-4-7-52-20-24(2)72/h9-19,21,31-32,52,56-64H,3-8,20,22H2,1-2H3/t31?,32-/m1/s1. The van der Waals surface area contributed by atoms with E-state index in [1.807, 2.05) is 6.92 Å². The Morgan fingerprint density at radius 3 is 1.86 bits per heavy atom. The number of hydrogen-bond acceptors (Lipinski definition) is 20. The molecule has 1 saturated carbocycles. The SMILES string of the molecule is CC(=S)CNCCCn1cc(COc2cc(O)c3c(c2)Oc2c(O)cc(O)c(Oc4cc(O)c([C@@H]5CCCC5c5cc(O)c6c(c5)Oc5c(O)cc(O)c(Oc7cc(C)cc(O)c7)c5O6)c(O)c4)c2O3)nn1. The number of benzene rings is 6. The van der Waals surface area contributed by atoms with Gasteiger partial charge in [-0.15, -0.1) is 5.10 Å². The number of aromatic nitrogens is 3. The minimum atomic E-state index is -0.604. The highest BCUT2D eigenvalue weighted by atomic mass is 32.1. The summed E-state index contributed by atoms with van der Waals surface area (Å²) in [4.78, 5) is 0.882. The van der Waals surface area contributed by atoms with Crippen LogP contribution in [0.1, 0.15) is 66.8 Å². The molecule has 72 heavy (non-hydrogen) atoms. The van der Waals surface area contributed by atoms with E-state index in [0.29, 0.717) is 49.2 Å². The maximum atomic E-state index is 11.5. The Morgan fingerprint density at radius 2 is 1.22 bits per heavy atom. The van der Waals surface area contributed by atoms with Gasteiger partial charge in [-0.1, -0.05) is 23.9 Å². The topological polar surface area (TPSA) is 289 Å². The Bertz CT molecular complexity index is 3260. The van der Waals surface area contributed by atoms with Crippen molar-refractivity contribution in [1.82, 2.24) is 20.3 Å². The summed E-state index contributed by atoms with van der Waals surface area (Å²) < 4.78 is 43.5. The van der Waals surface area contributed by atoms with Gasteiger partial charge in [-0.05, 0) is 86.9 Å². The van der Waals surface area contributed by atoms with Crippen LogP contribution in [0.2, 0.25) is 0 Å². The summed E-state index contributed by atoms with van der Waals surface area (Å²) in [5.74, 6) is -6.39. The van der Waals surface area contributed by atoms with E-state index in [4.69, 9.17) is 45.4 Å². The lowest BCUT2D eigenvalue weighted by Crippen LogP contribution is -2.22. The quantitative estimate of drug-likeness (QED) is 0.0337. The van der Waals surface area contributed by atoms with E-state index in [1.54, 1.807) is 29.9 Å². The molecule has 10 N–H and O–H groups in total. The Morgan fingerprint density at radius 1 is 0.639 bits per heavy atom. The normalized spacial score (nSPS) is 15.1. The Kier molecular flexibility index (Phi) is 12.3. The second-order valence-corrected chi connectivity index (χ2v) is 18.3. The fourth-order valence-electron chi connectivity index (χ4n) is 9.09. The van der Waals surface area contributed by atoms with Gasteiger partial charge in [0.25, 0.3) is 0 Å². The van der Waals surface area contributed by atoms with Crippen LogP contribution in [0.3, 0.4) is 0 Å². The average Bonchev–Trinajstić information content (AvgIpc) is 4.00. The van der Waals surface area contributed by atoms with Gasteiger partial charge in [-0.25, -0.2) is 0 Å². The zero-order valence-corrected chi connectivity index (χ0v) is 39.2. The molecule has 0 saturated heterocycles. The first-order chi connectivity index (χ1) is 34.6. The van der Waals surface area contributed by atoms with Crippen LogP contribution in [-0.2, 0) is 13.2 Å². The number of ether oxygens (including phenoxy) is 7. The van der Waals surface area contributed by atoms with E-state index in [-0.39, 0.29) is 110 Å². The fraction of sp³-hybridized carbons (Fsp3) is 0.235. The number of phenolic OH excluding ortho intramolecular Hbond substituents is 9. The molecular weight excluding hydrogens is 957 g/mol. The largest absolute Gasteiger partial charge is 0.508 e. The van der Waals surface area contributed by atoms with Crippen molar-refractivity contribution in [3.8, 4) is 126 Å². The summed E-state index contributed by atoms with van der Waals surface area (Å²) in [5.41, 5.74) is 1.94. The van der Waals surface area contributed by atoms with Crippen molar-refractivity contribution in [2.24, 2.45) is 0 Å². The second kappa shape index (κ2) is 18.9. The van der Waals surface area contributed by atoms with Crippen LogP contribution in [0.15, 0.2) is 72.9 Å². The van der Waals surface area contributed by atoms with Gasteiger partial charge in [-0.2, -0.15) is 0 Å². The molecule has 1 aliphatic carbocycles. The Hall–Kier alpha value is -8.69. The number of fused-ring (bicyclic) bond motifs is 4. The molecule has 0 amide bonds. The van der Waals surface area contributed by atoms with Crippen molar-refractivity contribution in [2.75, 3.05) is 13.1 Å². The third kappa shape index (κ3) is 9.25. The first-order valence-corrected chi connectivity index (χ1v) is 23.0. The average molecular weight is 1000 g/mol. The minimum Gasteiger partial charge on any atom is -0.508 e. The maximum absolute atomic E-state index is 11.5. The number of rotatable bonds is 15. The van der Waals surface area contributed by atoms with Crippen LogP contribution in [0.4, 0.5) is 0 Å². The molecule has 0 spiro atoms. The number of aryl methyl sites for hydroxylation is 2. The maximum Gasteiger partial charge on any atom is 0.220 e. The molecule has 2 aliphatic heterocycles. The van der Waals surface area contributed by atoms with Crippen molar-refractivity contribution >= 4 is 17.1 Å². The van der Waals surface area contributed by atoms with Crippen molar-refractivity contribution < 1.29 is 79.1 Å². The molecule has 0 radical (unpaired) electrons. The zero-order valence-electron chi connectivity index (χ0n) is 38.4. The number of nitrogens with one attached hydrogen (secondary N) is 1. The number of aromatic hydroxyl groups is 9. The van der Waals surface area contributed by atoms with Gasteiger partial charge >= 0.3 is 0 Å². The van der Waals surface area contributed by atoms with Gasteiger partial charge in [0.15, 0.2) is 46.0 Å². The fourth-order valence-corrected chi connectivity index (χ4v) is 9.19. The molecule has 1 aromatic heterocycles. The third-order valence-electron chi connectivity index (χ3n) is 12.2. The molecule has 1 unspecified atom stereocenters. The monoisotopic (exact) mass is 1000 g/mol. The predicted octanol–water partition coefficient (Wildman–Crippen LogP) is 10.3. The van der Waals surface area contributed by atoms with Crippen LogP contribution in [-0.4, -0.2) is 78.9 Å². The van der Waals surface area contributed by atoms with Crippen LogP contribution in [0.25, 0.3) is 0 Å². The number of nitrogens with zero attached hydrogens (tertiary/aromatic N) is 3. The van der Waals surface area contributed by atoms with E-state index in [1.165, 1.54) is 42.5 Å². The van der Waals surface area contributed by atoms with Crippen molar-refractivity contribution in [1.29, 1.82) is 0 Å². The lowest BCUT2D eigenvalue weighted by atomic mass is 9.83. The first-order valence-electron chi connectivity index (χ1n) is 22.6. The molecule has 1 fully saturated rings. The van der Waals surface area contributed by atoms with Crippen LogP contribution in [0, 0.1) is 6.92 Å². The van der Waals surface area contributed by atoms with Gasteiger partial charge < -0.3 is 84.4 Å². The summed E-state index contributed by atoms with van der Waals surface area (Å²) in [5, 5.41) is 111. The van der Waals surface area contributed by atoms with Gasteiger partial charge in [-0.3, -0.25) is 4.68 Å². The highest BCUT2D eigenvalue weighted by Gasteiger charge is 2.38. The zero-order chi connectivity index (χ0) is 50.5. The molecule has 372 valence electrons. The molecule has 21 heteroatoms. The smallest absolute Gasteiger partial charge is 0.220 e. The van der Waals surface area contributed by atoms with Crippen LogP contribution >= 0.6 is 12.2 Å². The molecule has 3 aliphatic rings. The molecular formula is C51H46N4O16S. The van der Waals surface area contributed by atoms with Crippen LogP contribution in [0.5, 0.6) is 126 Å². The second-order valence-electron chi connectivity index (χ2n) is 17.6. The Balaban J connectivity index is 0.848. The first kappa shape index (κ1) is 47.0. The Labute approximate surface area is 414 Å². The molecule has 0 bridgehead atoms. The van der Waals surface area contributed by atoms with Gasteiger partial charge in [0, 0.05) is 66.0 Å². The van der Waals surface area contributed by atoms with Gasteiger partial charge in [0.1, 0.15) is 46.8 Å². The molecule has 2 atom stereocenters. The van der Waals surface area contributed by atoms with Gasteiger partial charge in [0.2, 0.25) is 46.0 Å². The highest BCUT2D eigenvalue weighted by molar-refractivity contribution is 7.80. The van der Waals surface area contributed by atoms with Crippen LogP contribution < -0.4 is 38.5 Å². The molecule has 10 rings (SSSR count). The molecule has 3 heterocycles. The van der Waals surface area contributed by atoms with Crippen molar-refractivity contribution in [3.05, 3.63) is 95.3 Å². The lowest BCUT2D eigenvalue weighted by molar-refractivity contribution is 0.283. The minimum absolute atomic E-state index is 0.00770. The van der Waals surface area contributed by atoms with E-state index < -0.39 is 40.6 Å². The lowest BCUT2D eigenvalue weighted by Gasteiger charge is -2.27. The highest BCUT2D eigenvalue weighted by Crippen LogP contribution is 2.63. The van der Waals surface area contributed by atoms with E-state index in [9.17, 15) is 46.0 Å². The number of hydrogen-bond donors (Lipinski definition) is 10. The third-order valence-corrected chi connectivity index (χ3v) is 12.3. The van der Waals surface area contributed by atoms with Crippen molar-refractivity contribution in [3.63, 3.8) is 0 Å². The van der Waals surface area contributed by atoms with E-state index in [0.717, 1.165) is 30.0 Å². The van der Waals surface area contributed by atoms with Gasteiger partial charge in [0.05, 0.1) is 6.20 Å².